The van der Waals surface area contributed by atoms with Crippen LogP contribution in [0.5, 0.6) is 0 Å². The van der Waals surface area contributed by atoms with Crippen molar-refractivity contribution in [3.63, 3.8) is 0 Å². The van der Waals surface area contributed by atoms with Gasteiger partial charge in [-0.2, -0.15) is 0 Å². The smallest absolute Gasteiger partial charge is 0.306 e. The Balaban J connectivity index is 4.24. The Bertz CT molecular complexity index is 1010. The predicted molar refractivity (Wildman–Crippen MR) is 279 cm³/mol. The zero-order valence-electron chi connectivity index (χ0n) is 44.8. The predicted octanol–water partition coefficient (Wildman–Crippen LogP) is 19.1. The molecule has 0 N–H and O–H groups in total. The second kappa shape index (κ2) is 50.3. The van der Waals surface area contributed by atoms with E-state index in [1.54, 1.807) is 0 Å². The molecule has 65 heavy (non-hydrogen) atoms. The van der Waals surface area contributed by atoms with Crippen LogP contribution in [0.4, 0.5) is 0 Å². The fraction of sp³-hybridized carbons (Fsp3) is 0.949. The molecular weight excluding hydrogens is 805 g/mol. The van der Waals surface area contributed by atoms with Crippen LogP contribution in [0.3, 0.4) is 0 Å². The van der Waals surface area contributed by atoms with Crippen LogP contribution in [0.15, 0.2) is 0 Å². The average molecular weight is 920 g/mol. The van der Waals surface area contributed by atoms with Gasteiger partial charge in [0.25, 0.3) is 0 Å². The zero-order valence-corrected chi connectivity index (χ0v) is 44.8. The minimum atomic E-state index is -0.764. The molecule has 0 aromatic carbocycles. The molecule has 0 aromatic heterocycles. The standard InChI is InChI=1S/C59H114O6/c1-53(2)45-39-33-27-21-17-13-11-9-7-8-10-12-14-20-24-32-38-44-50-59(62)65-56(52-64-58(61)49-43-37-31-26-25-29-35-41-47-55(5)6)51-63-57(60)48-42-36-30-23-19-16-15-18-22-28-34-40-46-54(3)4/h53-56H,7-52H2,1-6H3/t56-/m0/s1. The highest BCUT2D eigenvalue weighted by molar-refractivity contribution is 5.71. The average Bonchev–Trinajstić information content (AvgIpc) is 3.26. The van der Waals surface area contributed by atoms with Gasteiger partial charge in [-0.3, -0.25) is 14.4 Å². The van der Waals surface area contributed by atoms with Gasteiger partial charge in [0.1, 0.15) is 13.2 Å². The van der Waals surface area contributed by atoms with Gasteiger partial charge in [-0.15, -0.1) is 0 Å². The van der Waals surface area contributed by atoms with Gasteiger partial charge >= 0.3 is 17.9 Å². The van der Waals surface area contributed by atoms with Gasteiger partial charge in [0.2, 0.25) is 0 Å². The molecule has 386 valence electrons. The Kier molecular flexibility index (Phi) is 49.1. The van der Waals surface area contributed by atoms with Crippen molar-refractivity contribution in [2.24, 2.45) is 17.8 Å². The second-order valence-electron chi connectivity index (χ2n) is 21.7. The lowest BCUT2D eigenvalue weighted by atomic mass is 10.0. The fourth-order valence-electron chi connectivity index (χ4n) is 9.00. The first-order valence-electron chi connectivity index (χ1n) is 29.1. The van der Waals surface area contributed by atoms with E-state index in [-0.39, 0.29) is 31.1 Å². The largest absolute Gasteiger partial charge is 0.462 e. The van der Waals surface area contributed by atoms with Gasteiger partial charge < -0.3 is 14.2 Å². The van der Waals surface area contributed by atoms with Gasteiger partial charge in [-0.05, 0) is 37.0 Å². The molecule has 0 spiro atoms. The van der Waals surface area contributed by atoms with E-state index in [0.717, 1.165) is 75.5 Å². The molecule has 0 bridgehead atoms. The van der Waals surface area contributed by atoms with Gasteiger partial charge in [0.15, 0.2) is 6.10 Å². The molecule has 0 heterocycles. The highest BCUT2D eigenvalue weighted by Crippen LogP contribution is 2.18. The molecule has 6 nitrogen and oxygen atoms in total. The van der Waals surface area contributed by atoms with Gasteiger partial charge in [0.05, 0.1) is 0 Å². The number of hydrogen-bond acceptors (Lipinski definition) is 6. The summed E-state index contributed by atoms with van der Waals surface area (Å²) in [5, 5.41) is 0. The molecule has 0 saturated carbocycles. The summed E-state index contributed by atoms with van der Waals surface area (Å²) in [6, 6.07) is 0. The van der Waals surface area contributed by atoms with Gasteiger partial charge in [-0.1, -0.05) is 286 Å². The molecule has 0 saturated heterocycles. The number of carbonyl (C=O) groups excluding carboxylic acids is 3. The Morgan fingerprint density at radius 2 is 0.446 bits per heavy atom. The van der Waals surface area contributed by atoms with Crippen molar-refractivity contribution < 1.29 is 28.6 Å². The van der Waals surface area contributed by atoms with Gasteiger partial charge in [0, 0.05) is 19.3 Å². The number of rotatable bonds is 52. The summed E-state index contributed by atoms with van der Waals surface area (Å²) in [6.45, 7) is 13.7. The molecule has 0 aliphatic heterocycles. The Morgan fingerprint density at radius 1 is 0.262 bits per heavy atom. The monoisotopic (exact) mass is 919 g/mol. The Morgan fingerprint density at radius 3 is 0.662 bits per heavy atom. The topological polar surface area (TPSA) is 78.9 Å². The van der Waals surface area contributed by atoms with E-state index in [4.69, 9.17) is 14.2 Å². The molecule has 6 heteroatoms. The molecular formula is C59H114O6. The van der Waals surface area contributed by atoms with E-state index in [0.29, 0.717) is 19.3 Å². The maximum atomic E-state index is 12.9. The van der Waals surface area contributed by atoms with Crippen molar-refractivity contribution in [3.8, 4) is 0 Å². The van der Waals surface area contributed by atoms with Crippen molar-refractivity contribution in [2.45, 2.75) is 330 Å². The molecule has 0 aromatic rings. The zero-order chi connectivity index (χ0) is 47.7. The SMILES string of the molecule is CC(C)CCCCCCCCCCCCCCCCCCCCC(=O)O[C@@H](COC(=O)CCCCCCCCCCCCCCC(C)C)COC(=O)CCCCCCCCCCC(C)C. The van der Waals surface area contributed by atoms with Gasteiger partial charge in [-0.25, -0.2) is 0 Å². The molecule has 1 atom stereocenters. The maximum Gasteiger partial charge on any atom is 0.306 e. The molecule has 0 aliphatic rings. The summed E-state index contributed by atoms with van der Waals surface area (Å²) in [4.78, 5) is 38.1. The molecule has 0 aliphatic carbocycles. The first-order chi connectivity index (χ1) is 31.6. The summed E-state index contributed by atoms with van der Waals surface area (Å²) < 4.78 is 16.9. The van der Waals surface area contributed by atoms with Crippen molar-refractivity contribution >= 4 is 17.9 Å². The molecule has 0 unspecified atom stereocenters. The number of hydrogen-bond donors (Lipinski definition) is 0. The highest BCUT2D eigenvalue weighted by atomic mass is 16.6. The van der Waals surface area contributed by atoms with E-state index in [9.17, 15) is 14.4 Å². The van der Waals surface area contributed by atoms with E-state index < -0.39 is 6.10 Å². The third-order valence-corrected chi connectivity index (χ3v) is 13.4. The first-order valence-corrected chi connectivity index (χ1v) is 29.1. The van der Waals surface area contributed by atoms with E-state index in [1.165, 1.54) is 205 Å². The Hall–Kier alpha value is -1.59. The lowest BCUT2D eigenvalue weighted by Gasteiger charge is -2.18. The second-order valence-corrected chi connectivity index (χ2v) is 21.7. The van der Waals surface area contributed by atoms with Crippen LogP contribution in [0.1, 0.15) is 324 Å². The lowest BCUT2D eigenvalue weighted by Crippen LogP contribution is -2.30. The molecule has 0 radical (unpaired) electrons. The molecule has 0 rings (SSSR count). The van der Waals surface area contributed by atoms with Crippen molar-refractivity contribution in [3.05, 3.63) is 0 Å². The molecule has 0 fully saturated rings. The van der Waals surface area contributed by atoms with Crippen molar-refractivity contribution in [2.75, 3.05) is 13.2 Å². The van der Waals surface area contributed by atoms with Crippen LogP contribution in [-0.2, 0) is 28.6 Å². The fourth-order valence-corrected chi connectivity index (χ4v) is 9.00. The summed E-state index contributed by atoms with van der Waals surface area (Å²) in [7, 11) is 0. The quantitative estimate of drug-likeness (QED) is 0.0344. The van der Waals surface area contributed by atoms with Crippen LogP contribution in [-0.4, -0.2) is 37.2 Å². The summed E-state index contributed by atoms with van der Waals surface area (Å²) in [5.41, 5.74) is 0. The molecule has 0 amide bonds. The van der Waals surface area contributed by atoms with Crippen LogP contribution < -0.4 is 0 Å². The minimum absolute atomic E-state index is 0.0640. The normalized spacial score (nSPS) is 12.1. The number of carbonyl (C=O) groups is 3. The summed E-state index contributed by atoms with van der Waals surface area (Å²) in [6.07, 6.45) is 52.5. The maximum absolute atomic E-state index is 12.9. The van der Waals surface area contributed by atoms with Crippen LogP contribution in [0.25, 0.3) is 0 Å². The lowest BCUT2D eigenvalue weighted by molar-refractivity contribution is -0.167. The number of esters is 3. The highest BCUT2D eigenvalue weighted by Gasteiger charge is 2.19. The Labute approximate surface area is 406 Å². The van der Waals surface area contributed by atoms with Crippen LogP contribution in [0, 0.1) is 17.8 Å². The van der Waals surface area contributed by atoms with E-state index >= 15 is 0 Å². The van der Waals surface area contributed by atoms with Crippen molar-refractivity contribution in [1.29, 1.82) is 0 Å². The van der Waals surface area contributed by atoms with Crippen LogP contribution in [0.2, 0.25) is 0 Å². The van der Waals surface area contributed by atoms with Crippen molar-refractivity contribution in [1.82, 2.24) is 0 Å². The van der Waals surface area contributed by atoms with E-state index in [1.807, 2.05) is 0 Å². The van der Waals surface area contributed by atoms with E-state index in [2.05, 4.69) is 41.5 Å². The third-order valence-electron chi connectivity index (χ3n) is 13.4. The van der Waals surface area contributed by atoms with Crippen LogP contribution >= 0.6 is 0 Å². The summed E-state index contributed by atoms with van der Waals surface area (Å²) >= 11 is 0. The third kappa shape index (κ3) is 53.2. The first kappa shape index (κ1) is 63.4. The minimum Gasteiger partial charge on any atom is -0.462 e. The summed E-state index contributed by atoms with van der Waals surface area (Å²) in [5.74, 6) is 1.64. The number of unbranched alkanes of at least 4 members (excludes halogenated alkanes) is 35. The number of ether oxygens (including phenoxy) is 3.